The molecule has 0 radical (unpaired) electrons. The van der Waals surface area contributed by atoms with Gasteiger partial charge in [0, 0.05) is 13.6 Å². The minimum Gasteiger partial charge on any atom is -0.359 e. The second-order valence-electron chi connectivity index (χ2n) is 4.93. The van der Waals surface area contributed by atoms with Gasteiger partial charge < -0.3 is 5.32 Å². The highest BCUT2D eigenvalue weighted by Crippen LogP contribution is 2.16. The summed E-state index contributed by atoms with van der Waals surface area (Å²) < 4.78 is 26.6. The van der Waals surface area contributed by atoms with Crippen LogP contribution in [-0.2, 0) is 14.8 Å². The number of carbonyl (C=O) groups is 1. The summed E-state index contributed by atoms with van der Waals surface area (Å²) in [5.74, 6) is -0.258. The van der Waals surface area contributed by atoms with E-state index >= 15 is 0 Å². The number of sulfonamides is 1. The fraction of sp³-hybridized carbons (Fsp3) is 0.385. The van der Waals surface area contributed by atoms with Crippen LogP contribution in [0.1, 0.15) is 19.4 Å². The molecule has 0 atom stereocenters. The number of nitrogens with one attached hydrogen (secondary N) is 2. The Kier molecular flexibility index (Phi) is 4.87. The van der Waals surface area contributed by atoms with Gasteiger partial charge in [0.05, 0.1) is 21.9 Å². The summed E-state index contributed by atoms with van der Waals surface area (Å²) in [4.78, 5) is 11.6. The first kappa shape index (κ1) is 16.1. The lowest BCUT2D eigenvalue weighted by Gasteiger charge is -2.22. The maximum absolute atomic E-state index is 12.1. The first-order valence-electron chi connectivity index (χ1n) is 5.95. The Bertz CT molecular complexity index is 645. The lowest BCUT2D eigenvalue weighted by Crippen LogP contribution is -2.43. The molecule has 0 spiro atoms. The minimum absolute atomic E-state index is 0.00394. The molecule has 1 aromatic carbocycles. The van der Waals surface area contributed by atoms with Gasteiger partial charge in [-0.25, -0.2) is 13.1 Å². The second kappa shape index (κ2) is 6.03. The number of amides is 1. The van der Waals surface area contributed by atoms with Gasteiger partial charge in [-0.2, -0.15) is 5.26 Å². The second-order valence-corrected chi connectivity index (χ2v) is 6.69. The van der Waals surface area contributed by atoms with Crippen molar-refractivity contribution in [2.24, 2.45) is 5.41 Å². The van der Waals surface area contributed by atoms with Gasteiger partial charge in [-0.3, -0.25) is 4.79 Å². The number of carbonyl (C=O) groups excluding carboxylic acids is 1. The van der Waals surface area contributed by atoms with Gasteiger partial charge in [-0.1, -0.05) is 6.07 Å². The van der Waals surface area contributed by atoms with E-state index in [1.807, 2.05) is 6.07 Å². The number of hydrogen-bond acceptors (Lipinski definition) is 4. The molecule has 0 fully saturated rings. The Morgan fingerprint density at radius 1 is 1.40 bits per heavy atom. The van der Waals surface area contributed by atoms with Crippen LogP contribution in [0.3, 0.4) is 0 Å². The smallest absolute Gasteiger partial charge is 0.240 e. The van der Waals surface area contributed by atoms with Gasteiger partial charge in [0.1, 0.15) is 0 Å². The molecule has 0 aromatic heterocycles. The Labute approximate surface area is 118 Å². The van der Waals surface area contributed by atoms with Crippen LogP contribution in [0, 0.1) is 16.7 Å². The van der Waals surface area contributed by atoms with Gasteiger partial charge in [0.25, 0.3) is 0 Å². The quantitative estimate of drug-likeness (QED) is 0.831. The van der Waals surface area contributed by atoms with Crippen LogP contribution < -0.4 is 10.0 Å². The Balaban J connectivity index is 2.91. The van der Waals surface area contributed by atoms with Gasteiger partial charge in [0.2, 0.25) is 15.9 Å². The van der Waals surface area contributed by atoms with Crippen LogP contribution in [0.2, 0.25) is 0 Å². The van der Waals surface area contributed by atoms with Crippen molar-refractivity contribution in [1.82, 2.24) is 10.0 Å². The maximum Gasteiger partial charge on any atom is 0.240 e. The summed E-state index contributed by atoms with van der Waals surface area (Å²) >= 11 is 0. The molecule has 0 aliphatic heterocycles. The number of rotatable bonds is 5. The zero-order chi connectivity index (χ0) is 15.4. The van der Waals surface area contributed by atoms with E-state index in [9.17, 15) is 13.2 Å². The fourth-order valence-electron chi connectivity index (χ4n) is 1.51. The minimum atomic E-state index is -3.75. The number of nitrogens with zero attached hydrogens (tertiary/aromatic N) is 1. The molecule has 0 aliphatic rings. The predicted octanol–water partition coefficient (Wildman–Crippen LogP) is 0.609. The molecule has 108 valence electrons. The van der Waals surface area contributed by atoms with Gasteiger partial charge >= 0.3 is 0 Å². The number of hydrogen-bond donors (Lipinski definition) is 2. The Morgan fingerprint density at radius 2 is 2.05 bits per heavy atom. The van der Waals surface area contributed by atoms with Gasteiger partial charge in [-0.05, 0) is 32.0 Å². The molecule has 0 saturated carbocycles. The average Bonchev–Trinajstić information content (AvgIpc) is 2.44. The first-order valence-corrected chi connectivity index (χ1v) is 7.43. The molecule has 0 saturated heterocycles. The van der Waals surface area contributed by atoms with Gasteiger partial charge in [-0.15, -0.1) is 0 Å². The van der Waals surface area contributed by atoms with E-state index in [0.717, 1.165) is 0 Å². The third kappa shape index (κ3) is 3.79. The highest BCUT2D eigenvalue weighted by molar-refractivity contribution is 7.89. The summed E-state index contributed by atoms with van der Waals surface area (Å²) in [6, 6.07) is 7.59. The summed E-state index contributed by atoms with van der Waals surface area (Å²) in [5, 5.41) is 11.3. The van der Waals surface area contributed by atoms with E-state index in [0.29, 0.717) is 0 Å². The van der Waals surface area contributed by atoms with Crippen molar-refractivity contribution in [1.29, 1.82) is 5.26 Å². The van der Waals surface area contributed by atoms with Crippen LogP contribution in [0.15, 0.2) is 29.2 Å². The van der Waals surface area contributed by atoms with Crippen molar-refractivity contribution < 1.29 is 13.2 Å². The van der Waals surface area contributed by atoms with Crippen molar-refractivity contribution in [3.63, 3.8) is 0 Å². The normalized spacial score (nSPS) is 11.7. The molecule has 20 heavy (non-hydrogen) atoms. The largest absolute Gasteiger partial charge is 0.359 e. The van der Waals surface area contributed by atoms with E-state index in [-0.39, 0.29) is 22.9 Å². The molecular formula is C13H17N3O3S. The zero-order valence-corrected chi connectivity index (χ0v) is 12.4. The van der Waals surface area contributed by atoms with E-state index in [1.165, 1.54) is 31.3 Å². The monoisotopic (exact) mass is 295 g/mol. The van der Waals surface area contributed by atoms with Crippen molar-refractivity contribution in [3.8, 4) is 6.07 Å². The lowest BCUT2D eigenvalue weighted by molar-refractivity contribution is -0.128. The lowest BCUT2D eigenvalue weighted by atomic mass is 9.93. The van der Waals surface area contributed by atoms with Crippen LogP contribution in [0.5, 0.6) is 0 Å². The zero-order valence-electron chi connectivity index (χ0n) is 11.6. The molecular weight excluding hydrogens is 278 g/mol. The van der Waals surface area contributed by atoms with Crippen LogP contribution >= 0.6 is 0 Å². The molecule has 1 aromatic rings. The molecule has 0 aliphatic carbocycles. The summed E-state index contributed by atoms with van der Waals surface area (Å²) in [5.41, 5.74) is -0.604. The fourth-order valence-corrected chi connectivity index (χ4v) is 2.77. The van der Waals surface area contributed by atoms with Crippen molar-refractivity contribution in [2.75, 3.05) is 13.6 Å². The van der Waals surface area contributed by atoms with Crippen molar-refractivity contribution >= 4 is 15.9 Å². The first-order chi connectivity index (χ1) is 9.23. The molecule has 6 nitrogen and oxygen atoms in total. The molecule has 7 heteroatoms. The topological polar surface area (TPSA) is 99.1 Å². The Morgan fingerprint density at radius 3 is 2.60 bits per heavy atom. The van der Waals surface area contributed by atoms with E-state index in [4.69, 9.17) is 5.26 Å². The van der Waals surface area contributed by atoms with Crippen LogP contribution in [0.4, 0.5) is 0 Å². The molecule has 0 heterocycles. The molecule has 1 amide bonds. The summed E-state index contributed by atoms with van der Waals surface area (Å²) in [6.45, 7) is 3.24. The third-order valence-electron chi connectivity index (χ3n) is 2.82. The van der Waals surface area contributed by atoms with Crippen molar-refractivity contribution in [3.05, 3.63) is 29.8 Å². The summed E-state index contributed by atoms with van der Waals surface area (Å²) in [7, 11) is -2.25. The molecule has 0 bridgehead atoms. The standard InChI is InChI=1S/C13H17N3O3S/c1-13(2,12(17)15-3)9-16-20(18,19)11-6-4-5-10(7-11)8-14/h4-7,16H,9H2,1-3H3,(H,15,17). The number of nitriles is 1. The van der Waals surface area contributed by atoms with Crippen LogP contribution in [-0.4, -0.2) is 27.9 Å². The van der Waals surface area contributed by atoms with Crippen LogP contribution in [0.25, 0.3) is 0 Å². The maximum atomic E-state index is 12.1. The third-order valence-corrected chi connectivity index (χ3v) is 4.22. The van der Waals surface area contributed by atoms with E-state index in [2.05, 4.69) is 10.0 Å². The van der Waals surface area contributed by atoms with Crippen molar-refractivity contribution in [2.45, 2.75) is 18.7 Å². The van der Waals surface area contributed by atoms with E-state index in [1.54, 1.807) is 13.8 Å². The summed E-state index contributed by atoms with van der Waals surface area (Å²) in [6.07, 6.45) is 0. The molecule has 0 unspecified atom stereocenters. The van der Waals surface area contributed by atoms with Gasteiger partial charge in [0.15, 0.2) is 0 Å². The highest BCUT2D eigenvalue weighted by Gasteiger charge is 2.28. The number of benzene rings is 1. The predicted molar refractivity (Wildman–Crippen MR) is 74.2 cm³/mol. The molecule has 2 N–H and O–H groups in total. The average molecular weight is 295 g/mol. The highest BCUT2D eigenvalue weighted by atomic mass is 32.2. The SMILES string of the molecule is CNC(=O)C(C)(C)CNS(=O)(=O)c1cccc(C#N)c1. The Hall–Kier alpha value is -1.91. The van der Waals surface area contributed by atoms with E-state index < -0.39 is 15.4 Å². The molecule has 1 rings (SSSR count).